The fourth-order valence-corrected chi connectivity index (χ4v) is 3.37. The molecule has 1 aromatic carbocycles. The zero-order valence-corrected chi connectivity index (χ0v) is 12.2. The van der Waals surface area contributed by atoms with E-state index in [9.17, 15) is 5.11 Å². The van der Waals surface area contributed by atoms with E-state index >= 15 is 0 Å². The summed E-state index contributed by atoms with van der Waals surface area (Å²) in [5.74, 6) is 0.783. The molecule has 0 spiro atoms. The third-order valence-electron chi connectivity index (χ3n) is 4.56. The Hall–Kier alpha value is -0.900. The van der Waals surface area contributed by atoms with Gasteiger partial charge in [0.1, 0.15) is 0 Å². The molecule has 0 radical (unpaired) electrons. The summed E-state index contributed by atoms with van der Waals surface area (Å²) in [6.45, 7) is 5.86. The highest BCUT2D eigenvalue weighted by molar-refractivity contribution is 5.14. The molecule has 0 unspecified atom stereocenters. The zero-order chi connectivity index (χ0) is 13.8. The molecule has 1 N–H and O–H groups in total. The second-order valence-electron chi connectivity index (χ2n) is 6.33. The average Bonchev–Trinajstić information content (AvgIpc) is 3.22. The van der Waals surface area contributed by atoms with Gasteiger partial charge in [0, 0.05) is 32.2 Å². The lowest BCUT2D eigenvalue weighted by Gasteiger charge is -2.24. The highest BCUT2D eigenvalue weighted by atomic mass is 16.3. The van der Waals surface area contributed by atoms with Crippen molar-refractivity contribution >= 4 is 0 Å². The van der Waals surface area contributed by atoms with Crippen LogP contribution in [0.3, 0.4) is 0 Å². The highest BCUT2D eigenvalue weighted by Crippen LogP contribution is 2.29. The number of hydrogen-bond donors (Lipinski definition) is 1. The van der Waals surface area contributed by atoms with Gasteiger partial charge in [-0.1, -0.05) is 30.3 Å². The van der Waals surface area contributed by atoms with Crippen molar-refractivity contribution in [3.05, 3.63) is 35.9 Å². The van der Waals surface area contributed by atoms with Crippen LogP contribution in [0.1, 0.15) is 24.8 Å². The molecule has 110 valence electrons. The van der Waals surface area contributed by atoms with E-state index in [1.165, 1.54) is 44.5 Å². The largest absolute Gasteiger partial charge is 0.395 e. The van der Waals surface area contributed by atoms with E-state index < -0.39 is 0 Å². The van der Waals surface area contributed by atoms with E-state index in [-0.39, 0.29) is 0 Å². The number of aliphatic hydroxyl groups excluding tert-OH is 1. The van der Waals surface area contributed by atoms with Crippen LogP contribution in [0.5, 0.6) is 0 Å². The molecule has 1 aliphatic heterocycles. The van der Waals surface area contributed by atoms with E-state index in [0.717, 1.165) is 25.0 Å². The molecule has 1 saturated heterocycles. The van der Waals surface area contributed by atoms with Crippen molar-refractivity contribution in [1.29, 1.82) is 0 Å². The van der Waals surface area contributed by atoms with E-state index in [2.05, 4.69) is 40.1 Å². The van der Waals surface area contributed by atoms with Gasteiger partial charge in [-0.2, -0.15) is 0 Å². The second kappa shape index (κ2) is 6.70. The Labute approximate surface area is 122 Å². The zero-order valence-electron chi connectivity index (χ0n) is 12.2. The highest BCUT2D eigenvalue weighted by Gasteiger charge is 2.32. The van der Waals surface area contributed by atoms with Crippen LogP contribution in [0.25, 0.3) is 0 Å². The third kappa shape index (κ3) is 3.81. The molecule has 3 nitrogen and oxygen atoms in total. The van der Waals surface area contributed by atoms with Crippen molar-refractivity contribution in [3.63, 3.8) is 0 Å². The Kier molecular flexibility index (Phi) is 4.71. The molecule has 1 aromatic rings. The summed E-state index contributed by atoms with van der Waals surface area (Å²) in [6, 6.07) is 11.5. The van der Waals surface area contributed by atoms with Gasteiger partial charge in [-0.15, -0.1) is 0 Å². The Bertz CT molecular complexity index is 405. The van der Waals surface area contributed by atoms with Crippen LogP contribution in [0.2, 0.25) is 0 Å². The summed E-state index contributed by atoms with van der Waals surface area (Å²) in [5, 5.41) is 9.18. The maximum absolute atomic E-state index is 9.18. The van der Waals surface area contributed by atoms with E-state index in [0.29, 0.717) is 6.61 Å². The first-order valence-corrected chi connectivity index (χ1v) is 7.96. The minimum absolute atomic E-state index is 0.303. The first-order chi connectivity index (χ1) is 9.85. The average molecular weight is 274 g/mol. The Balaban J connectivity index is 1.46. The molecular weight excluding hydrogens is 248 g/mol. The smallest absolute Gasteiger partial charge is 0.0558 e. The topological polar surface area (TPSA) is 26.7 Å². The summed E-state index contributed by atoms with van der Waals surface area (Å²) in [6.07, 6.45) is 3.97. The van der Waals surface area contributed by atoms with Crippen molar-refractivity contribution < 1.29 is 5.11 Å². The van der Waals surface area contributed by atoms with Gasteiger partial charge < -0.3 is 5.11 Å². The Morgan fingerprint density at radius 2 is 1.95 bits per heavy atom. The molecule has 2 fully saturated rings. The van der Waals surface area contributed by atoms with Crippen molar-refractivity contribution in [2.75, 3.05) is 32.8 Å². The van der Waals surface area contributed by atoms with Crippen LogP contribution >= 0.6 is 0 Å². The number of nitrogens with zero attached hydrogens (tertiary/aromatic N) is 2. The maximum atomic E-state index is 9.18. The first kappa shape index (κ1) is 14.1. The molecule has 20 heavy (non-hydrogen) atoms. The predicted molar refractivity (Wildman–Crippen MR) is 81.5 cm³/mol. The molecule has 1 aliphatic carbocycles. The van der Waals surface area contributed by atoms with Crippen LogP contribution in [-0.2, 0) is 6.54 Å². The number of aliphatic hydroxyl groups is 1. The molecule has 3 rings (SSSR count). The van der Waals surface area contributed by atoms with Gasteiger partial charge in [0.05, 0.1) is 6.61 Å². The molecule has 0 amide bonds. The minimum atomic E-state index is 0.303. The lowest BCUT2D eigenvalue weighted by Crippen LogP contribution is -2.35. The van der Waals surface area contributed by atoms with Gasteiger partial charge in [0.15, 0.2) is 0 Å². The summed E-state index contributed by atoms with van der Waals surface area (Å²) in [5.41, 5.74) is 1.42. The maximum Gasteiger partial charge on any atom is 0.0558 e. The van der Waals surface area contributed by atoms with Crippen molar-refractivity contribution in [2.45, 2.75) is 31.8 Å². The molecule has 0 aromatic heterocycles. The lowest BCUT2D eigenvalue weighted by molar-refractivity contribution is 0.167. The Morgan fingerprint density at radius 3 is 2.65 bits per heavy atom. The van der Waals surface area contributed by atoms with Crippen LogP contribution in [0.15, 0.2) is 30.3 Å². The summed E-state index contributed by atoms with van der Waals surface area (Å²) < 4.78 is 0. The van der Waals surface area contributed by atoms with Crippen LogP contribution in [0, 0.1) is 5.92 Å². The predicted octanol–water partition coefficient (Wildman–Crippen LogP) is 1.97. The van der Waals surface area contributed by atoms with Gasteiger partial charge in [0.25, 0.3) is 0 Å². The number of benzene rings is 1. The monoisotopic (exact) mass is 274 g/mol. The van der Waals surface area contributed by atoms with Crippen molar-refractivity contribution in [3.8, 4) is 0 Å². The number of likely N-dealkylation sites (tertiary alicyclic amines) is 1. The minimum Gasteiger partial charge on any atom is -0.395 e. The lowest BCUT2D eigenvalue weighted by atomic mass is 10.1. The number of rotatable bonds is 7. The molecule has 1 atom stereocenters. The SMILES string of the molecule is OCCN(C[C@@H]1CCN(Cc2ccccc2)C1)C1CC1. The first-order valence-electron chi connectivity index (χ1n) is 7.96. The molecule has 3 heteroatoms. The molecular formula is C17H26N2O. The fraction of sp³-hybridized carbons (Fsp3) is 0.647. The van der Waals surface area contributed by atoms with E-state index in [4.69, 9.17) is 0 Å². The number of hydrogen-bond acceptors (Lipinski definition) is 3. The standard InChI is InChI=1S/C17H26N2O/c20-11-10-19(17-6-7-17)14-16-8-9-18(13-16)12-15-4-2-1-3-5-15/h1-5,16-17,20H,6-14H2/t16-/m1/s1. The molecule has 1 heterocycles. The van der Waals surface area contributed by atoms with Gasteiger partial charge in [-0.3, -0.25) is 9.80 Å². The summed E-state index contributed by atoms with van der Waals surface area (Å²) in [7, 11) is 0. The van der Waals surface area contributed by atoms with Gasteiger partial charge >= 0.3 is 0 Å². The summed E-state index contributed by atoms with van der Waals surface area (Å²) in [4.78, 5) is 5.08. The van der Waals surface area contributed by atoms with Gasteiger partial charge in [-0.25, -0.2) is 0 Å². The molecule has 2 aliphatic rings. The third-order valence-corrected chi connectivity index (χ3v) is 4.56. The molecule has 0 bridgehead atoms. The fourth-order valence-electron chi connectivity index (χ4n) is 3.37. The van der Waals surface area contributed by atoms with Crippen LogP contribution in [0.4, 0.5) is 0 Å². The van der Waals surface area contributed by atoms with Crippen LogP contribution in [-0.4, -0.2) is 53.7 Å². The van der Waals surface area contributed by atoms with Crippen molar-refractivity contribution in [1.82, 2.24) is 9.80 Å². The summed E-state index contributed by atoms with van der Waals surface area (Å²) >= 11 is 0. The second-order valence-corrected chi connectivity index (χ2v) is 6.33. The quantitative estimate of drug-likeness (QED) is 0.823. The van der Waals surface area contributed by atoms with Gasteiger partial charge in [-0.05, 0) is 37.3 Å². The van der Waals surface area contributed by atoms with Crippen molar-refractivity contribution in [2.24, 2.45) is 5.92 Å². The van der Waals surface area contributed by atoms with Gasteiger partial charge in [0.2, 0.25) is 0 Å². The molecule has 1 saturated carbocycles. The van der Waals surface area contributed by atoms with E-state index in [1.807, 2.05) is 0 Å². The van der Waals surface area contributed by atoms with Crippen LogP contribution < -0.4 is 0 Å². The normalized spacial score (nSPS) is 23.6. The Morgan fingerprint density at radius 1 is 1.15 bits per heavy atom. The van der Waals surface area contributed by atoms with E-state index in [1.54, 1.807) is 0 Å².